The van der Waals surface area contributed by atoms with Crippen molar-refractivity contribution in [3.8, 4) is 5.69 Å². The minimum absolute atomic E-state index is 0.0834. The molecule has 4 nitrogen and oxygen atoms in total. The molecule has 2 aromatic rings. The third kappa shape index (κ3) is 1.89. The van der Waals surface area contributed by atoms with Gasteiger partial charge in [-0.05, 0) is 18.2 Å². The largest absolute Gasteiger partial charge is 0.293 e. The first kappa shape index (κ1) is 9.86. The summed E-state index contributed by atoms with van der Waals surface area (Å²) < 4.78 is 1.47. The second kappa shape index (κ2) is 3.82. The summed E-state index contributed by atoms with van der Waals surface area (Å²) in [5.74, 6) is -0.0834. The number of benzene rings is 1. The molecule has 76 valence electrons. The highest BCUT2D eigenvalue weighted by atomic mass is 35.5. The molecule has 1 aromatic carbocycles. The van der Waals surface area contributed by atoms with Crippen LogP contribution in [0.3, 0.4) is 0 Å². The van der Waals surface area contributed by atoms with Crippen LogP contribution in [0.25, 0.3) is 5.69 Å². The number of hydrogen-bond acceptors (Lipinski definition) is 3. The van der Waals surface area contributed by atoms with Gasteiger partial charge in [0.25, 0.3) is 0 Å². The van der Waals surface area contributed by atoms with Gasteiger partial charge < -0.3 is 0 Å². The van der Waals surface area contributed by atoms with Gasteiger partial charge in [0.05, 0.1) is 11.9 Å². The molecule has 0 aliphatic heterocycles. The van der Waals surface area contributed by atoms with Gasteiger partial charge in [-0.15, -0.1) is 5.10 Å². The van der Waals surface area contributed by atoms with Gasteiger partial charge >= 0.3 is 0 Å². The van der Waals surface area contributed by atoms with Gasteiger partial charge in [0.2, 0.25) is 0 Å². The van der Waals surface area contributed by atoms with Crippen molar-refractivity contribution in [3.63, 3.8) is 0 Å². The molecule has 0 saturated heterocycles. The minimum Gasteiger partial charge on any atom is -0.293 e. The van der Waals surface area contributed by atoms with Crippen LogP contribution in [0, 0.1) is 0 Å². The zero-order valence-electron chi connectivity index (χ0n) is 8.01. The van der Waals surface area contributed by atoms with Gasteiger partial charge in [0.15, 0.2) is 5.78 Å². The molecule has 1 aromatic heterocycles. The molecule has 5 heteroatoms. The van der Waals surface area contributed by atoms with Gasteiger partial charge in [0, 0.05) is 11.9 Å². The first-order valence-corrected chi connectivity index (χ1v) is 4.74. The molecule has 0 radical (unpaired) electrons. The van der Waals surface area contributed by atoms with E-state index in [2.05, 4.69) is 10.3 Å². The highest BCUT2D eigenvalue weighted by Gasteiger charge is 2.09. The monoisotopic (exact) mass is 221 g/mol. The first-order valence-electron chi connectivity index (χ1n) is 4.36. The summed E-state index contributed by atoms with van der Waals surface area (Å²) in [6.07, 6.45) is 1.43. The lowest BCUT2D eigenvalue weighted by Gasteiger charge is -2.03. The van der Waals surface area contributed by atoms with Gasteiger partial charge in [-0.2, -0.15) is 0 Å². The fourth-order valence-corrected chi connectivity index (χ4v) is 1.46. The van der Waals surface area contributed by atoms with E-state index in [0.29, 0.717) is 10.7 Å². The lowest BCUT2D eigenvalue weighted by molar-refractivity contribution is 0.101. The van der Waals surface area contributed by atoms with E-state index in [1.807, 2.05) is 6.07 Å². The number of halogens is 1. The van der Waals surface area contributed by atoms with Crippen molar-refractivity contribution >= 4 is 17.4 Å². The molecule has 15 heavy (non-hydrogen) atoms. The molecular weight excluding hydrogens is 214 g/mol. The maximum Gasteiger partial charge on any atom is 0.179 e. The lowest BCUT2D eigenvalue weighted by Crippen LogP contribution is -2.05. The summed E-state index contributed by atoms with van der Waals surface area (Å²) in [6, 6.07) is 7.09. The molecule has 0 saturated carbocycles. The van der Waals surface area contributed by atoms with Crippen LogP contribution in [0.4, 0.5) is 0 Å². The first-order chi connectivity index (χ1) is 7.18. The van der Waals surface area contributed by atoms with Crippen molar-refractivity contribution in [2.45, 2.75) is 6.92 Å². The Kier molecular flexibility index (Phi) is 2.51. The number of Topliss-reactive ketones (excluding diaryl/α,β-unsaturated/α-hetero) is 1. The minimum atomic E-state index is -0.0834. The molecule has 0 fully saturated rings. The molecule has 0 atom stereocenters. The van der Waals surface area contributed by atoms with Gasteiger partial charge in [-0.1, -0.05) is 22.9 Å². The van der Waals surface area contributed by atoms with Crippen molar-refractivity contribution in [2.24, 2.45) is 0 Å². The number of hydrogen-bond donors (Lipinski definition) is 0. The number of carbonyl (C=O) groups excluding carboxylic acids is 1. The Bertz CT molecular complexity index is 507. The van der Waals surface area contributed by atoms with Crippen molar-refractivity contribution < 1.29 is 4.79 Å². The van der Waals surface area contributed by atoms with E-state index in [1.54, 1.807) is 18.2 Å². The molecule has 1 heterocycles. The Hall–Kier alpha value is -1.68. The predicted molar refractivity (Wildman–Crippen MR) is 56.4 cm³/mol. The molecule has 0 amide bonds. The molecule has 0 aliphatic carbocycles. The Balaban J connectivity index is 2.54. The zero-order valence-corrected chi connectivity index (χ0v) is 8.77. The van der Waals surface area contributed by atoms with E-state index in [9.17, 15) is 4.79 Å². The Labute approximate surface area is 91.5 Å². The number of rotatable bonds is 2. The van der Waals surface area contributed by atoms with Crippen molar-refractivity contribution in [1.82, 2.24) is 15.0 Å². The van der Waals surface area contributed by atoms with E-state index in [1.165, 1.54) is 17.8 Å². The second-order valence-corrected chi connectivity index (χ2v) is 3.50. The molecule has 0 bridgehead atoms. The molecular formula is C10H8ClN3O. The van der Waals surface area contributed by atoms with Crippen molar-refractivity contribution in [2.75, 3.05) is 0 Å². The van der Waals surface area contributed by atoms with Crippen LogP contribution in [-0.4, -0.2) is 20.8 Å². The van der Waals surface area contributed by atoms with Gasteiger partial charge in [-0.3, -0.25) is 4.79 Å². The van der Waals surface area contributed by atoms with E-state index >= 15 is 0 Å². The van der Waals surface area contributed by atoms with E-state index in [4.69, 9.17) is 11.6 Å². The van der Waals surface area contributed by atoms with E-state index < -0.39 is 0 Å². The molecule has 0 aliphatic rings. The Morgan fingerprint density at radius 1 is 1.47 bits per heavy atom. The fraction of sp³-hybridized carbons (Fsp3) is 0.100. The van der Waals surface area contributed by atoms with Crippen molar-refractivity contribution in [3.05, 3.63) is 41.2 Å². The zero-order chi connectivity index (χ0) is 10.8. The summed E-state index contributed by atoms with van der Waals surface area (Å²) in [5.41, 5.74) is 1.17. The standard InChI is InChI=1S/C10H8ClN3O/c1-7(15)10-6-12-13-14(10)9-4-2-3-8(11)5-9/h2-6H,1H3. The molecule has 2 rings (SSSR count). The smallest absolute Gasteiger partial charge is 0.179 e. The summed E-state index contributed by atoms with van der Waals surface area (Å²) in [7, 11) is 0. The van der Waals surface area contributed by atoms with Crippen LogP contribution < -0.4 is 0 Å². The number of ketones is 1. The SMILES string of the molecule is CC(=O)c1cnnn1-c1cccc(Cl)c1. The van der Waals surface area contributed by atoms with Gasteiger partial charge in [0.1, 0.15) is 5.69 Å². The third-order valence-electron chi connectivity index (χ3n) is 1.96. The van der Waals surface area contributed by atoms with E-state index in [0.717, 1.165) is 5.69 Å². The molecule has 0 N–H and O–H groups in total. The van der Waals surface area contributed by atoms with Gasteiger partial charge in [-0.25, -0.2) is 4.68 Å². The number of carbonyl (C=O) groups is 1. The lowest BCUT2D eigenvalue weighted by atomic mass is 10.3. The maximum atomic E-state index is 11.3. The van der Waals surface area contributed by atoms with Crippen LogP contribution in [-0.2, 0) is 0 Å². The highest BCUT2D eigenvalue weighted by Crippen LogP contribution is 2.15. The normalized spacial score (nSPS) is 10.3. The van der Waals surface area contributed by atoms with Crippen LogP contribution in [0.5, 0.6) is 0 Å². The highest BCUT2D eigenvalue weighted by molar-refractivity contribution is 6.30. The van der Waals surface area contributed by atoms with Crippen LogP contribution in [0.2, 0.25) is 5.02 Å². The Morgan fingerprint density at radius 2 is 2.27 bits per heavy atom. The Morgan fingerprint density at radius 3 is 2.93 bits per heavy atom. The average Bonchev–Trinajstić information content (AvgIpc) is 2.65. The summed E-state index contributed by atoms with van der Waals surface area (Å²) in [6.45, 7) is 1.47. The number of aromatic nitrogens is 3. The second-order valence-electron chi connectivity index (χ2n) is 3.07. The van der Waals surface area contributed by atoms with Crippen LogP contribution in [0.15, 0.2) is 30.5 Å². The van der Waals surface area contributed by atoms with Crippen LogP contribution in [0.1, 0.15) is 17.4 Å². The van der Waals surface area contributed by atoms with E-state index in [-0.39, 0.29) is 5.78 Å². The molecule has 0 unspecified atom stereocenters. The topological polar surface area (TPSA) is 47.8 Å². The molecule has 0 spiro atoms. The third-order valence-corrected chi connectivity index (χ3v) is 2.20. The average molecular weight is 222 g/mol. The van der Waals surface area contributed by atoms with Crippen molar-refractivity contribution in [1.29, 1.82) is 0 Å². The quantitative estimate of drug-likeness (QED) is 0.730. The summed E-state index contributed by atoms with van der Waals surface area (Å²) in [5, 5.41) is 8.13. The van der Waals surface area contributed by atoms with Crippen LogP contribution >= 0.6 is 11.6 Å². The summed E-state index contributed by atoms with van der Waals surface area (Å²) >= 11 is 5.85. The maximum absolute atomic E-state index is 11.3. The number of nitrogens with zero attached hydrogens (tertiary/aromatic N) is 3. The predicted octanol–water partition coefficient (Wildman–Crippen LogP) is 2.12. The summed E-state index contributed by atoms with van der Waals surface area (Å²) in [4.78, 5) is 11.3. The fourth-order valence-electron chi connectivity index (χ4n) is 1.27.